The number of aromatic nitrogens is 1. The van der Waals surface area contributed by atoms with Crippen LogP contribution in [0.4, 0.5) is 4.39 Å². The molecule has 0 bridgehead atoms. The number of benzene rings is 2. The number of hydrogen-bond acceptors (Lipinski definition) is 4. The fraction of sp³-hybridized carbons (Fsp3) is 0.263. The maximum absolute atomic E-state index is 13.2. The van der Waals surface area contributed by atoms with Gasteiger partial charge in [-0.25, -0.2) is 16.8 Å². The zero-order valence-electron chi connectivity index (χ0n) is 15.2. The van der Waals surface area contributed by atoms with E-state index in [1.165, 1.54) is 16.1 Å². The van der Waals surface area contributed by atoms with Crippen LogP contribution in [0.5, 0.6) is 5.75 Å². The highest BCUT2D eigenvalue weighted by Gasteiger charge is 2.26. The number of fused-ring (bicyclic) bond motifs is 1. The predicted molar refractivity (Wildman–Crippen MR) is 105 cm³/mol. The van der Waals surface area contributed by atoms with Gasteiger partial charge >= 0.3 is 0 Å². The summed E-state index contributed by atoms with van der Waals surface area (Å²) in [6, 6.07) is 9.70. The summed E-state index contributed by atoms with van der Waals surface area (Å²) < 4.78 is 46.8. The zero-order chi connectivity index (χ0) is 19.8. The Kier molecular flexibility index (Phi) is 5.46. The van der Waals surface area contributed by atoms with Crippen LogP contribution in [0, 0.1) is 12.7 Å². The van der Waals surface area contributed by atoms with Crippen molar-refractivity contribution >= 4 is 32.5 Å². The van der Waals surface area contributed by atoms with Crippen molar-refractivity contribution in [1.82, 2.24) is 8.87 Å². The molecule has 0 aliphatic rings. The SMILES string of the molecule is Cc1c(OCCN(C)C)c2cc(Cl)ccc2n1S(=O)(=O)c1ccc(F)cc1. The maximum atomic E-state index is 13.2. The highest BCUT2D eigenvalue weighted by molar-refractivity contribution is 7.90. The lowest BCUT2D eigenvalue weighted by molar-refractivity contribution is 0.262. The number of ether oxygens (including phenoxy) is 1. The lowest BCUT2D eigenvalue weighted by Crippen LogP contribution is -2.20. The van der Waals surface area contributed by atoms with E-state index in [-0.39, 0.29) is 4.90 Å². The van der Waals surface area contributed by atoms with Gasteiger partial charge in [0.2, 0.25) is 0 Å². The molecule has 3 aromatic rings. The number of likely N-dealkylation sites (N-methyl/N-ethyl adjacent to an activating group) is 1. The first-order valence-corrected chi connectivity index (χ1v) is 10.1. The van der Waals surface area contributed by atoms with E-state index in [1.807, 2.05) is 19.0 Å². The molecule has 0 atom stereocenters. The topological polar surface area (TPSA) is 51.5 Å². The Morgan fingerprint density at radius 2 is 1.81 bits per heavy atom. The van der Waals surface area contributed by atoms with Gasteiger partial charge in [-0.2, -0.15) is 0 Å². The molecular formula is C19H20ClFN2O3S. The molecule has 5 nitrogen and oxygen atoms in total. The molecule has 144 valence electrons. The molecule has 0 unspecified atom stereocenters. The van der Waals surface area contributed by atoms with Crippen LogP contribution in [0.15, 0.2) is 47.4 Å². The molecule has 0 N–H and O–H groups in total. The van der Waals surface area contributed by atoms with Crippen LogP contribution >= 0.6 is 11.6 Å². The van der Waals surface area contributed by atoms with Crippen LogP contribution in [-0.2, 0) is 10.0 Å². The van der Waals surface area contributed by atoms with E-state index < -0.39 is 15.8 Å². The van der Waals surface area contributed by atoms with Gasteiger partial charge in [0.15, 0.2) is 0 Å². The van der Waals surface area contributed by atoms with Gasteiger partial charge in [0.25, 0.3) is 10.0 Å². The number of halogens is 2. The van der Waals surface area contributed by atoms with E-state index in [0.717, 1.165) is 12.1 Å². The Morgan fingerprint density at radius 1 is 1.15 bits per heavy atom. The second-order valence-corrected chi connectivity index (χ2v) is 8.67. The van der Waals surface area contributed by atoms with E-state index in [0.29, 0.717) is 40.5 Å². The van der Waals surface area contributed by atoms with Gasteiger partial charge in [-0.05, 0) is 63.5 Å². The second kappa shape index (κ2) is 7.50. The lowest BCUT2D eigenvalue weighted by Gasteiger charge is -2.12. The summed E-state index contributed by atoms with van der Waals surface area (Å²) in [4.78, 5) is 1.97. The summed E-state index contributed by atoms with van der Waals surface area (Å²) >= 11 is 6.12. The maximum Gasteiger partial charge on any atom is 0.268 e. The molecule has 0 radical (unpaired) electrons. The minimum absolute atomic E-state index is 0.00121. The summed E-state index contributed by atoms with van der Waals surface area (Å²) in [5, 5.41) is 1.10. The van der Waals surface area contributed by atoms with E-state index in [9.17, 15) is 12.8 Å². The Morgan fingerprint density at radius 3 is 2.44 bits per heavy atom. The van der Waals surface area contributed by atoms with Crippen molar-refractivity contribution in [2.75, 3.05) is 27.2 Å². The zero-order valence-corrected chi connectivity index (χ0v) is 16.8. The minimum Gasteiger partial charge on any atom is -0.490 e. The summed E-state index contributed by atoms with van der Waals surface area (Å²) in [5.74, 6) is -0.0254. The molecule has 0 amide bonds. The van der Waals surface area contributed by atoms with E-state index in [1.54, 1.807) is 25.1 Å². The molecule has 1 aromatic heterocycles. The molecule has 0 aliphatic carbocycles. The third kappa shape index (κ3) is 3.81. The van der Waals surface area contributed by atoms with Gasteiger partial charge in [0, 0.05) is 17.0 Å². The molecule has 1 heterocycles. The Balaban J connectivity index is 2.18. The third-order valence-electron chi connectivity index (χ3n) is 4.19. The lowest BCUT2D eigenvalue weighted by atomic mass is 10.2. The van der Waals surface area contributed by atoms with Crippen molar-refractivity contribution in [3.63, 3.8) is 0 Å². The van der Waals surface area contributed by atoms with Crippen molar-refractivity contribution in [1.29, 1.82) is 0 Å². The molecule has 0 saturated carbocycles. The standard InChI is InChI=1S/C19H20ClFN2O3S/c1-13-19(26-11-10-22(2)3)17-12-14(20)4-9-18(17)23(13)27(24,25)16-7-5-15(21)6-8-16/h4-9,12H,10-11H2,1-3H3. The molecule has 0 fully saturated rings. The smallest absolute Gasteiger partial charge is 0.268 e. The van der Waals surface area contributed by atoms with Gasteiger partial charge in [0.05, 0.1) is 16.1 Å². The van der Waals surface area contributed by atoms with E-state index in [2.05, 4.69) is 0 Å². The molecule has 0 spiro atoms. The monoisotopic (exact) mass is 410 g/mol. The Bertz CT molecular complexity index is 1080. The summed E-state index contributed by atoms with van der Waals surface area (Å²) in [5.41, 5.74) is 0.899. The van der Waals surface area contributed by atoms with Gasteiger partial charge < -0.3 is 9.64 Å². The van der Waals surface area contributed by atoms with Crippen LogP contribution in [0.2, 0.25) is 5.02 Å². The average molecular weight is 411 g/mol. The molecule has 2 aromatic carbocycles. The predicted octanol–water partition coefficient (Wildman–Crippen LogP) is 3.92. The van der Waals surface area contributed by atoms with Gasteiger partial charge in [0.1, 0.15) is 18.2 Å². The Hall–Kier alpha value is -2.09. The van der Waals surface area contributed by atoms with Crippen molar-refractivity contribution < 1.29 is 17.5 Å². The van der Waals surface area contributed by atoms with Crippen molar-refractivity contribution in [3.05, 3.63) is 59.0 Å². The van der Waals surface area contributed by atoms with Gasteiger partial charge in [-0.1, -0.05) is 11.6 Å². The normalized spacial score (nSPS) is 12.1. The molecule has 0 saturated heterocycles. The molecule has 27 heavy (non-hydrogen) atoms. The van der Waals surface area contributed by atoms with Crippen LogP contribution < -0.4 is 4.74 Å². The second-order valence-electron chi connectivity index (χ2n) is 6.45. The van der Waals surface area contributed by atoms with Crippen LogP contribution in [-0.4, -0.2) is 44.5 Å². The molecule has 0 aliphatic heterocycles. The van der Waals surface area contributed by atoms with Gasteiger partial charge in [-0.3, -0.25) is 0 Å². The van der Waals surface area contributed by atoms with Crippen molar-refractivity contribution in [3.8, 4) is 5.75 Å². The van der Waals surface area contributed by atoms with Gasteiger partial charge in [-0.15, -0.1) is 0 Å². The van der Waals surface area contributed by atoms with Crippen LogP contribution in [0.3, 0.4) is 0 Å². The first-order chi connectivity index (χ1) is 12.7. The summed E-state index contributed by atoms with van der Waals surface area (Å²) in [7, 11) is -0.0780. The molecule has 8 heteroatoms. The van der Waals surface area contributed by atoms with Crippen LogP contribution in [0.1, 0.15) is 5.69 Å². The summed E-state index contributed by atoms with van der Waals surface area (Å²) in [6.07, 6.45) is 0. The Labute approximate surface area is 163 Å². The number of nitrogens with zero attached hydrogens (tertiary/aromatic N) is 2. The first-order valence-electron chi connectivity index (χ1n) is 8.31. The fourth-order valence-corrected chi connectivity index (χ4v) is 4.59. The average Bonchev–Trinajstić information content (AvgIpc) is 2.87. The highest BCUT2D eigenvalue weighted by Crippen LogP contribution is 2.37. The van der Waals surface area contributed by atoms with E-state index in [4.69, 9.17) is 16.3 Å². The molecule has 3 rings (SSSR count). The quantitative estimate of drug-likeness (QED) is 0.618. The summed E-state index contributed by atoms with van der Waals surface area (Å²) in [6.45, 7) is 2.76. The van der Waals surface area contributed by atoms with Crippen molar-refractivity contribution in [2.24, 2.45) is 0 Å². The van der Waals surface area contributed by atoms with E-state index >= 15 is 0 Å². The number of hydrogen-bond donors (Lipinski definition) is 0. The molecular weight excluding hydrogens is 391 g/mol. The third-order valence-corrected chi connectivity index (χ3v) is 6.25. The first kappa shape index (κ1) is 19.7. The highest BCUT2D eigenvalue weighted by atomic mass is 35.5. The van der Waals surface area contributed by atoms with Crippen LogP contribution in [0.25, 0.3) is 10.9 Å². The minimum atomic E-state index is -3.93. The fourth-order valence-electron chi connectivity index (χ4n) is 2.87. The number of rotatable bonds is 6. The largest absolute Gasteiger partial charge is 0.490 e. The van der Waals surface area contributed by atoms with Crippen molar-refractivity contribution in [2.45, 2.75) is 11.8 Å².